The predicted octanol–water partition coefficient (Wildman–Crippen LogP) is 1.52. The number of nitrogens with zero attached hydrogens (tertiary/aromatic N) is 6. The minimum Gasteiger partial charge on any atom is -0.361 e. The first-order chi connectivity index (χ1) is 10.7. The molecule has 0 saturated carbocycles. The van der Waals surface area contributed by atoms with E-state index in [4.69, 9.17) is 5.26 Å². The molecule has 5 heterocycles. The van der Waals surface area contributed by atoms with Gasteiger partial charge in [0, 0.05) is 37.1 Å². The van der Waals surface area contributed by atoms with Crippen molar-refractivity contribution in [1.29, 1.82) is 5.26 Å². The predicted molar refractivity (Wildman–Crippen MR) is 82.6 cm³/mol. The Morgan fingerprint density at radius 1 is 1.18 bits per heavy atom. The Morgan fingerprint density at radius 2 is 2.00 bits per heavy atom. The lowest BCUT2D eigenvalue weighted by atomic mass is 9.87. The first-order valence-corrected chi connectivity index (χ1v) is 7.43. The molecule has 2 bridgehead atoms. The molecule has 3 saturated heterocycles. The van der Waals surface area contributed by atoms with Crippen molar-refractivity contribution in [2.24, 2.45) is 0 Å². The van der Waals surface area contributed by atoms with Crippen LogP contribution >= 0.6 is 0 Å². The SMILES string of the molecule is Cc1ccnc(N2CC3CC(C2)N3c2ccc(C#N)nc2)n1. The zero-order valence-corrected chi connectivity index (χ0v) is 12.3. The first-order valence-electron chi connectivity index (χ1n) is 7.43. The molecule has 3 aliphatic heterocycles. The van der Waals surface area contributed by atoms with E-state index in [1.165, 1.54) is 6.42 Å². The molecule has 2 aromatic rings. The van der Waals surface area contributed by atoms with E-state index in [0.29, 0.717) is 17.8 Å². The number of piperidine rings is 1. The van der Waals surface area contributed by atoms with Crippen LogP contribution in [0.4, 0.5) is 11.6 Å². The smallest absolute Gasteiger partial charge is 0.225 e. The summed E-state index contributed by atoms with van der Waals surface area (Å²) in [5.74, 6) is 0.826. The lowest BCUT2D eigenvalue weighted by molar-refractivity contribution is 0.289. The third-order valence-corrected chi connectivity index (χ3v) is 4.42. The van der Waals surface area contributed by atoms with Crippen molar-refractivity contribution < 1.29 is 0 Å². The average molecular weight is 292 g/mol. The summed E-state index contributed by atoms with van der Waals surface area (Å²) in [5.41, 5.74) is 2.56. The second-order valence-electron chi connectivity index (χ2n) is 5.87. The molecule has 0 N–H and O–H groups in total. The van der Waals surface area contributed by atoms with E-state index in [9.17, 15) is 0 Å². The number of pyridine rings is 1. The quantitative estimate of drug-likeness (QED) is 0.836. The van der Waals surface area contributed by atoms with E-state index in [2.05, 4.69) is 30.8 Å². The lowest BCUT2D eigenvalue weighted by Gasteiger charge is -2.57. The van der Waals surface area contributed by atoms with Crippen molar-refractivity contribution in [3.63, 3.8) is 0 Å². The van der Waals surface area contributed by atoms with Crippen LogP contribution in [-0.2, 0) is 0 Å². The molecule has 3 fully saturated rings. The Balaban J connectivity index is 1.51. The van der Waals surface area contributed by atoms with Gasteiger partial charge in [-0.2, -0.15) is 5.26 Å². The van der Waals surface area contributed by atoms with Gasteiger partial charge >= 0.3 is 0 Å². The summed E-state index contributed by atoms with van der Waals surface area (Å²) in [5, 5.41) is 8.84. The molecular formula is C16H16N6. The number of aryl methyl sites for hydroxylation is 1. The van der Waals surface area contributed by atoms with Crippen molar-refractivity contribution >= 4 is 11.6 Å². The fourth-order valence-corrected chi connectivity index (χ4v) is 3.39. The Kier molecular flexibility index (Phi) is 2.93. The van der Waals surface area contributed by atoms with E-state index < -0.39 is 0 Å². The summed E-state index contributed by atoms with van der Waals surface area (Å²) >= 11 is 0. The second-order valence-corrected chi connectivity index (χ2v) is 5.87. The highest BCUT2D eigenvalue weighted by Gasteiger charge is 2.45. The third kappa shape index (κ3) is 2.06. The Labute approximate surface area is 129 Å². The maximum Gasteiger partial charge on any atom is 0.225 e. The zero-order valence-electron chi connectivity index (χ0n) is 12.3. The molecule has 6 heteroatoms. The van der Waals surface area contributed by atoms with Crippen LogP contribution in [0, 0.1) is 18.3 Å². The molecule has 2 unspecified atom stereocenters. The van der Waals surface area contributed by atoms with Gasteiger partial charge in [0.1, 0.15) is 11.8 Å². The molecule has 22 heavy (non-hydrogen) atoms. The minimum absolute atomic E-state index is 0.462. The number of piperazine rings is 1. The van der Waals surface area contributed by atoms with E-state index >= 15 is 0 Å². The van der Waals surface area contributed by atoms with Gasteiger partial charge in [0.05, 0.1) is 11.9 Å². The van der Waals surface area contributed by atoms with Crippen molar-refractivity contribution in [3.05, 3.63) is 42.0 Å². The highest BCUT2D eigenvalue weighted by Crippen LogP contribution is 2.37. The Bertz CT molecular complexity index is 723. The van der Waals surface area contributed by atoms with Crippen LogP contribution in [-0.4, -0.2) is 40.1 Å². The number of rotatable bonds is 2. The molecule has 0 radical (unpaired) electrons. The van der Waals surface area contributed by atoms with Gasteiger partial charge in [-0.3, -0.25) is 0 Å². The van der Waals surface area contributed by atoms with E-state index in [-0.39, 0.29) is 0 Å². The zero-order chi connectivity index (χ0) is 15.1. The molecule has 2 aromatic heterocycles. The van der Waals surface area contributed by atoms with Crippen LogP contribution in [0.25, 0.3) is 0 Å². The molecule has 6 nitrogen and oxygen atoms in total. The van der Waals surface area contributed by atoms with Gasteiger partial charge in [-0.05, 0) is 31.5 Å². The summed E-state index contributed by atoms with van der Waals surface area (Å²) in [6, 6.07) is 8.69. The highest BCUT2D eigenvalue weighted by molar-refractivity contribution is 5.54. The highest BCUT2D eigenvalue weighted by atomic mass is 15.4. The maximum atomic E-state index is 8.84. The molecular weight excluding hydrogens is 276 g/mol. The van der Waals surface area contributed by atoms with Gasteiger partial charge in [0.2, 0.25) is 5.95 Å². The number of aromatic nitrogens is 3. The van der Waals surface area contributed by atoms with Gasteiger partial charge in [-0.15, -0.1) is 0 Å². The number of hydrogen-bond donors (Lipinski definition) is 0. The fraction of sp³-hybridized carbons (Fsp3) is 0.375. The van der Waals surface area contributed by atoms with Crippen LogP contribution in [0.3, 0.4) is 0 Å². The summed E-state index contributed by atoms with van der Waals surface area (Å²) in [6.45, 7) is 3.85. The summed E-state index contributed by atoms with van der Waals surface area (Å²) in [7, 11) is 0. The number of anilines is 2. The largest absolute Gasteiger partial charge is 0.361 e. The molecule has 0 aliphatic carbocycles. The van der Waals surface area contributed by atoms with Crippen LogP contribution in [0.2, 0.25) is 0 Å². The summed E-state index contributed by atoms with van der Waals surface area (Å²) < 4.78 is 0. The van der Waals surface area contributed by atoms with Gasteiger partial charge in [0.25, 0.3) is 0 Å². The summed E-state index contributed by atoms with van der Waals surface area (Å²) in [6.07, 6.45) is 4.82. The number of hydrogen-bond acceptors (Lipinski definition) is 6. The third-order valence-electron chi connectivity index (χ3n) is 4.42. The second kappa shape index (κ2) is 4.95. The fourth-order valence-electron chi connectivity index (χ4n) is 3.39. The van der Waals surface area contributed by atoms with Crippen LogP contribution in [0.15, 0.2) is 30.6 Å². The topological polar surface area (TPSA) is 68.9 Å². The van der Waals surface area contributed by atoms with Gasteiger partial charge in [-0.1, -0.05) is 0 Å². The molecule has 0 amide bonds. The average Bonchev–Trinajstić information content (AvgIpc) is 2.55. The lowest BCUT2D eigenvalue weighted by Crippen LogP contribution is -2.69. The molecule has 110 valence electrons. The van der Waals surface area contributed by atoms with E-state index in [0.717, 1.165) is 30.4 Å². The van der Waals surface area contributed by atoms with Gasteiger partial charge < -0.3 is 9.80 Å². The number of fused-ring (bicyclic) bond motifs is 2. The van der Waals surface area contributed by atoms with Crippen molar-refractivity contribution in [2.45, 2.75) is 25.4 Å². The summed E-state index contributed by atoms with van der Waals surface area (Å²) in [4.78, 5) is 17.7. The number of nitriles is 1. The van der Waals surface area contributed by atoms with Crippen molar-refractivity contribution in [1.82, 2.24) is 15.0 Å². The van der Waals surface area contributed by atoms with Crippen LogP contribution in [0.1, 0.15) is 17.8 Å². The molecule has 3 aliphatic rings. The molecule has 5 rings (SSSR count). The maximum absolute atomic E-state index is 8.84. The molecule has 0 spiro atoms. The van der Waals surface area contributed by atoms with E-state index in [1.54, 1.807) is 12.3 Å². The van der Waals surface area contributed by atoms with Gasteiger partial charge in [0.15, 0.2) is 0 Å². The molecule has 2 atom stereocenters. The van der Waals surface area contributed by atoms with Gasteiger partial charge in [-0.25, -0.2) is 15.0 Å². The standard InChI is InChI=1S/C16H16N6/c1-11-4-5-18-16(20-11)21-9-14-6-15(10-21)22(14)13-3-2-12(7-17)19-8-13/h2-5,8,14-15H,6,9-10H2,1H3. The van der Waals surface area contributed by atoms with Crippen molar-refractivity contribution in [3.8, 4) is 6.07 Å². The van der Waals surface area contributed by atoms with Crippen LogP contribution in [0.5, 0.6) is 0 Å². The van der Waals surface area contributed by atoms with E-state index in [1.807, 2.05) is 25.3 Å². The Morgan fingerprint density at radius 3 is 2.64 bits per heavy atom. The normalized spacial score (nSPS) is 22.9. The monoisotopic (exact) mass is 292 g/mol. The minimum atomic E-state index is 0.462. The Hall–Kier alpha value is -2.68. The molecule has 0 aromatic carbocycles. The van der Waals surface area contributed by atoms with Crippen LogP contribution < -0.4 is 9.80 Å². The first kappa shape index (κ1) is 13.0. The van der Waals surface area contributed by atoms with Crippen molar-refractivity contribution in [2.75, 3.05) is 22.9 Å².